The van der Waals surface area contributed by atoms with Crippen molar-refractivity contribution in [2.45, 2.75) is 341 Å². The number of carbonyl (C=O) groups is 2. The Balaban J connectivity index is 5.02. The molecular weight excluding hydrogens is 976 g/mol. The molecule has 1 N–H and O–H groups in total. The fourth-order valence-corrected chi connectivity index (χ4v) is 10.6. The number of phosphoric acid groups is 1. The maximum Gasteiger partial charge on any atom is 0.306 e. The number of allylic oxidation sites excluding steroid dienone is 5. The van der Waals surface area contributed by atoms with Crippen LogP contribution < -0.4 is 10.2 Å². The van der Waals surface area contributed by atoms with Crippen LogP contribution in [0.5, 0.6) is 0 Å². The number of ether oxygens (including phenoxy) is 1. The topological polar surface area (TPSA) is 114 Å². The summed E-state index contributed by atoms with van der Waals surface area (Å²) in [5.74, 6) is -0.533. The van der Waals surface area contributed by atoms with E-state index < -0.39 is 20.0 Å². The van der Waals surface area contributed by atoms with Crippen LogP contribution in [0.15, 0.2) is 36.5 Å². The van der Waals surface area contributed by atoms with Gasteiger partial charge in [0.25, 0.3) is 7.82 Å². The van der Waals surface area contributed by atoms with Gasteiger partial charge in [-0.15, -0.1) is 0 Å². The molecule has 77 heavy (non-hydrogen) atoms. The number of quaternary nitrogens is 1. The number of esters is 1. The first kappa shape index (κ1) is 75.2. The van der Waals surface area contributed by atoms with Crippen LogP contribution in [-0.2, 0) is 27.9 Å². The number of unbranched alkanes of at least 4 members (excludes halogenated alkanes) is 41. The van der Waals surface area contributed by atoms with Crippen molar-refractivity contribution in [1.82, 2.24) is 5.32 Å². The van der Waals surface area contributed by atoms with E-state index in [1.54, 1.807) is 0 Å². The van der Waals surface area contributed by atoms with Crippen LogP contribution in [0.1, 0.15) is 329 Å². The monoisotopic (exact) mass is 1100 g/mol. The highest BCUT2D eigenvalue weighted by atomic mass is 31.2. The van der Waals surface area contributed by atoms with Crippen LogP contribution in [0.2, 0.25) is 0 Å². The summed E-state index contributed by atoms with van der Waals surface area (Å²) in [5.41, 5.74) is 0. The van der Waals surface area contributed by atoms with Gasteiger partial charge in [0.05, 0.1) is 33.8 Å². The summed E-state index contributed by atoms with van der Waals surface area (Å²) in [6.07, 6.45) is 69.8. The lowest BCUT2D eigenvalue weighted by molar-refractivity contribution is -0.870. The molecule has 0 aromatic heterocycles. The van der Waals surface area contributed by atoms with E-state index in [9.17, 15) is 19.0 Å². The molecule has 0 fully saturated rings. The molecule has 3 unspecified atom stereocenters. The molecule has 0 aliphatic heterocycles. The first-order valence-corrected chi connectivity index (χ1v) is 34.8. The van der Waals surface area contributed by atoms with E-state index in [0.717, 1.165) is 70.6 Å². The molecule has 1 amide bonds. The normalized spacial score (nSPS) is 13.8. The van der Waals surface area contributed by atoms with Crippen molar-refractivity contribution < 1.29 is 37.3 Å². The third kappa shape index (κ3) is 58.7. The number of nitrogens with zero attached hydrogens (tertiary/aromatic N) is 1. The summed E-state index contributed by atoms with van der Waals surface area (Å²) in [6.45, 7) is 6.86. The smallest absolute Gasteiger partial charge is 0.306 e. The number of hydrogen-bond acceptors (Lipinski definition) is 7. The highest BCUT2D eigenvalue weighted by Gasteiger charge is 2.27. The number of amides is 1. The molecule has 9 nitrogen and oxygen atoms in total. The average molecular weight is 1110 g/mol. The second-order valence-corrected chi connectivity index (χ2v) is 25.4. The Labute approximate surface area is 478 Å². The first-order chi connectivity index (χ1) is 37.4. The van der Waals surface area contributed by atoms with Crippen LogP contribution in [0, 0.1) is 0 Å². The Morgan fingerprint density at radius 3 is 1.12 bits per heavy atom. The molecule has 0 rings (SSSR count). The zero-order chi connectivity index (χ0) is 56.4. The van der Waals surface area contributed by atoms with Gasteiger partial charge in [-0.1, -0.05) is 269 Å². The van der Waals surface area contributed by atoms with E-state index >= 15 is 0 Å². The standard InChI is InChI=1S/C67H129N2O7P/c1-7-10-13-16-19-22-25-27-29-30-31-32-33-34-35-36-37-38-40-42-45-48-51-54-57-60-67(71)76-65(58-55-52-49-46-43-24-21-18-15-12-9-3)64(63-75-77(72,73)74-62-61-69(4,5)6)68-66(70)59-56-53-50-47-44-41-39-28-26-23-20-17-14-11-8-2/h23,26-27,29,55,58,64-65H,7-22,24-25,28,30-54,56-57,59-63H2,1-6H3,(H-,68,70,72,73)/b26-23-,29-27+,58-55-. The lowest BCUT2D eigenvalue weighted by Crippen LogP contribution is -2.47. The summed E-state index contributed by atoms with van der Waals surface area (Å²) in [4.78, 5) is 40.0. The molecular formula is C67H129N2O7P. The summed E-state index contributed by atoms with van der Waals surface area (Å²) in [5, 5.41) is 3.03. The summed E-state index contributed by atoms with van der Waals surface area (Å²) >= 11 is 0. The fourth-order valence-electron chi connectivity index (χ4n) is 9.87. The Hall–Kier alpha value is -1.77. The molecule has 0 heterocycles. The number of nitrogens with one attached hydrogen (secondary N) is 1. The second-order valence-electron chi connectivity index (χ2n) is 24.0. The zero-order valence-electron chi connectivity index (χ0n) is 51.9. The molecule has 454 valence electrons. The van der Waals surface area contributed by atoms with Crippen molar-refractivity contribution in [3.63, 3.8) is 0 Å². The number of likely N-dealkylation sites (N-methyl/N-ethyl adjacent to an activating group) is 1. The quantitative estimate of drug-likeness (QED) is 0.0212. The van der Waals surface area contributed by atoms with Gasteiger partial charge in [-0.05, 0) is 83.1 Å². The van der Waals surface area contributed by atoms with Crippen LogP contribution >= 0.6 is 7.82 Å². The van der Waals surface area contributed by atoms with Gasteiger partial charge in [-0.25, -0.2) is 0 Å². The first-order valence-electron chi connectivity index (χ1n) is 33.3. The average Bonchev–Trinajstić information content (AvgIpc) is 3.39. The van der Waals surface area contributed by atoms with Gasteiger partial charge in [0.15, 0.2) is 0 Å². The van der Waals surface area contributed by atoms with Gasteiger partial charge in [-0.3, -0.25) is 14.2 Å². The molecule has 0 radical (unpaired) electrons. The number of hydrogen-bond donors (Lipinski definition) is 1. The van der Waals surface area contributed by atoms with Gasteiger partial charge in [0.2, 0.25) is 5.91 Å². The van der Waals surface area contributed by atoms with Gasteiger partial charge in [0, 0.05) is 12.8 Å². The largest absolute Gasteiger partial charge is 0.756 e. The van der Waals surface area contributed by atoms with Crippen molar-refractivity contribution in [3.8, 4) is 0 Å². The predicted molar refractivity (Wildman–Crippen MR) is 330 cm³/mol. The van der Waals surface area contributed by atoms with Crippen molar-refractivity contribution in [2.75, 3.05) is 40.9 Å². The van der Waals surface area contributed by atoms with Crippen molar-refractivity contribution in [3.05, 3.63) is 36.5 Å². The summed E-state index contributed by atoms with van der Waals surface area (Å²) in [6, 6.07) is -0.887. The van der Waals surface area contributed by atoms with Crippen molar-refractivity contribution in [1.29, 1.82) is 0 Å². The Morgan fingerprint density at radius 2 is 0.753 bits per heavy atom. The molecule has 0 bridgehead atoms. The van der Waals surface area contributed by atoms with Gasteiger partial charge < -0.3 is 28.5 Å². The molecule has 3 atom stereocenters. The molecule has 0 spiro atoms. The third-order valence-electron chi connectivity index (χ3n) is 15.0. The molecule has 0 saturated carbocycles. The maximum atomic E-state index is 13.5. The number of phosphoric ester groups is 1. The molecule has 0 aliphatic rings. The summed E-state index contributed by atoms with van der Waals surface area (Å²) < 4.78 is 30.3. The van der Waals surface area contributed by atoms with E-state index in [2.05, 4.69) is 50.4 Å². The van der Waals surface area contributed by atoms with Crippen LogP contribution in [0.25, 0.3) is 0 Å². The Bertz CT molecular complexity index is 1410. The minimum atomic E-state index is -4.70. The second kappa shape index (κ2) is 57.5. The summed E-state index contributed by atoms with van der Waals surface area (Å²) in [7, 11) is 1.19. The lowest BCUT2D eigenvalue weighted by atomic mass is 10.0. The predicted octanol–water partition coefficient (Wildman–Crippen LogP) is 20.0. The maximum absolute atomic E-state index is 13.5. The van der Waals surface area contributed by atoms with E-state index in [1.807, 2.05) is 33.3 Å². The molecule has 0 aliphatic carbocycles. The fraction of sp³-hybridized carbons (Fsp3) is 0.881. The molecule has 0 saturated heterocycles. The molecule has 10 heteroatoms. The van der Waals surface area contributed by atoms with Gasteiger partial charge >= 0.3 is 5.97 Å². The van der Waals surface area contributed by atoms with E-state index in [1.165, 1.54) is 225 Å². The van der Waals surface area contributed by atoms with Crippen LogP contribution in [-0.4, -0.2) is 69.4 Å². The van der Waals surface area contributed by atoms with Crippen molar-refractivity contribution in [2.24, 2.45) is 0 Å². The van der Waals surface area contributed by atoms with Gasteiger partial charge in [0.1, 0.15) is 19.3 Å². The SMILES string of the molecule is CCCCCC/C=C\CCCCCCCCCC(=O)NC(COP(=O)([O-])OCC[N+](C)(C)C)C(/C=C\CCCCCCCCCCC)OC(=O)CCCCCCCCCCCCCCCCC/C=C/CCCCCCCC. The minimum Gasteiger partial charge on any atom is -0.756 e. The zero-order valence-corrected chi connectivity index (χ0v) is 52.8. The number of carbonyl (C=O) groups excluding carboxylic acids is 2. The number of rotatable bonds is 61. The third-order valence-corrected chi connectivity index (χ3v) is 16.0. The Kier molecular flexibility index (Phi) is 56.1. The van der Waals surface area contributed by atoms with Crippen molar-refractivity contribution >= 4 is 19.7 Å². The lowest BCUT2D eigenvalue weighted by Gasteiger charge is -2.30. The van der Waals surface area contributed by atoms with Crippen LogP contribution in [0.3, 0.4) is 0 Å². The van der Waals surface area contributed by atoms with E-state index in [0.29, 0.717) is 17.4 Å². The van der Waals surface area contributed by atoms with Crippen LogP contribution in [0.4, 0.5) is 0 Å². The highest BCUT2D eigenvalue weighted by molar-refractivity contribution is 7.45. The van der Waals surface area contributed by atoms with Gasteiger partial charge in [-0.2, -0.15) is 0 Å². The Morgan fingerprint density at radius 1 is 0.442 bits per heavy atom. The van der Waals surface area contributed by atoms with E-state index in [4.69, 9.17) is 13.8 Å². The minimum absolute atomic E-state index is 0.0210. The molecule has 0 aromatic carbocycles. The molecule has 0 aromatic rings. The highest BCUT2D eigenvalue weighted by Crippen LogP contribution is 2.38. The van der Waals surface area contributed by atoms with E-state index in [-0.39, 0.29) is 31.5 Å².